The number of pyridine rings is 2. The number of aromatic nitrogens is 2. The minimum Gasteiger partial charge on any atom is -0.488 e. The highest BCUT2D eigenvalue weighted by molar-refractivity contribution is 7.94. The van der Waals surface area contributed by atoms with E-state index in [2.05, 4.69) is 14.3 Å². The number of hydrogen-bond donors (Lipinski definition) is 1. The van der Waals surface area contributed by atoms with E-state index in [0.717, 1.165) is 21.6 Å². The maximum atomic E-state index is 8.31. The lowest BCUT2D eigenvalue weighted by Gasteiger charge is -2.12. The Labute approximate surface area is 147 Å². The zero-order valence-corrected chi connectivity index (χ0v) is 15.2. The molecule has 1 N–H and O–H groups in total. The van der Waals surface area contributed by atoms with E-state index in [0.29, 0.717) is 18.0 Å². The van der Waals surface area contributed by atoms with E-state index in [1.807, 2.05) is 42.7 Å². The molecule has 0 aliphatic rings. The Morgan fingerprint density at radius 3 is 2.72 bits per heavy atom. The molecule has 0 amide bonds. The number of nitrogens with one attached hydrogen (secondary N) is 1. The van der Waals surface area contributed by atoms with Gasteiger partial charge in [-0.1, -0.05) is 12.1 Å². The van der Waals surface area contributed by atoms with Crippen molar-refractivity contribution in [1.29, 1.82) is 4.78 Å². The Morgan fingerprint density at radius 2 is 1.96 bits per heavy atom. The van der Waals surface area contributed by atoms with E-state index in [4.69, 9.17) is 14.3 Å². The first-order valence-electron chi connectivity index (χ1n) is 7.68. The third-order valence-corrected chi connectivity index (χ3v) is 5.80. The SMILES string of the molecule is CN=S(C)(=N)c1cccc(COc2ccnc3c(OC)nccc23)c1. The number of rotatable bonds is 5. The zero-order chi connectivity index (χ0) is 17.9. The van der Waals surface area contributed by atoms with E-state index in [-0.39, 0.29) is 0 Å². The first-order valence-corrected chi connectivity index (χ1v) is 9.68. The first-order chi connectivity index (χ1) is 12.0. The fourth-order valence-corrected chi connectivity index (χ4v) is 3.39. The summed E-state index contributed by atoms with van der Waals surface area (Å²) in [6.07, 6.45) is 5.20. The predicted octanol–water partition coefficient (Wildman–Crippen LogP) is 3.94. The highest BCUT2D eigenvalue weighted by atomic mass is 32.2. The van der Waals surface area contributed by atoms with Crippen LogP contribution in [0.4, 0.5) is 0 Å². The molecule has 1 aromatic carbocycles. The molecular formula is C18H20N4O2S. The second kappa shape index (κ2) is 7.06. The normalized spacial score (nSPS) is 13.2. The summed E-state index contributed by atoms with van der Waals surface area (Å²) in [4.78, 5) is 9.41. The summed E-state index contributed by atoms with van der Waals surface area (Å²) in [5.41, 5.74) is 1.67. The van der Waals surface area contributed by atoms with Gasteiger partial charge in [-0.15, -0.1) is 0 Å². The van der Waals surface area contributed by atoms with Gasteiger partial charge in [-0.2, -0.15) is 0 Å². The molecule has 1 unspecified atom stereocenters. The van der Waals surface area contributed by atoms with E-state index < -0.39 is 9.62 Å². The summed E-state index contributed by atoms with van der Waals surface area (Å²) in [5, 5.41) is 0.852. The van der Waals surface area contributed by atoms with Crippen LogP contribution in [-0.2, 0) is 16.2 Å². The maximum absolute atomic E-state index is 8.31. The van der Waals surface area contributed by atoms with Gasteiger partial charge in [0.2, 0.25) is 5.88 Å². The van der Waals surface area contributed by atoms with Gasteiger partial charge in [0.05, 0.1) is 7.11 Å². The predicted molar refractivity (Wildman–Crippen MR) is 99.5 cm³/mol. The number of benzene rings is 1. The van der Waals surface area contributed by atoms with Gasteiger partial charge in [-0.25, -0.2) is 4.98 Å². The molecule has 0 bridgehead atoms. The molecule has 0 spiro atoms. The Bertz CT molecular complexity index is 1030. The highest BCUT2D eigenvalue weighted by Crippen LogP contribution is 2.29. The van der Waals surface area contributed by atoms with Crippen LogP contribution >= 0.6 is 0 Å². The van der Waals surface area contributed by atoms with E-state index in [1.54, 1.807) is 26.6 Å². The fourth-order valence-electron chi connectivity index (χ4n) is 2.45. The third-order valence-electron chi connectivity index (χ3n) is 3.90. The maximum Gasteiger partial charge on any atom is 0.240 e. The van der Waals surface area contributed by atoms with Gasteiger partial charge in [0.25, 0.3) is 0 Å². The molecular weight excluding hydrogens is 336 g/mol. The van der Waals surface area contributed by atoms with Crippen LogP contribution < -0.4 is 9.47 Å². The molecule has 7 heteroatoms. The second-order valence-corrected chi connectivity index (χ2v) is 8.11. The monoisotopic (exact) mass is 356 g/mol. The largest absolute Gasteiger partial charge is 0.488 e. The number of ether oxygens (including phenoxy) is 2. The van der Waals surface area contributed by atoms with Crippen molar-refractivity contribution < 1.29 is 9.47 Å². The summed E-state index contributed by atoms with van der Waals surface area (Å²) in [6, 6.07) is 11.5. The average molecular weight is 356 g/mol. The molecule has 25 heavy (non-hydrogen) atoms. The molecule has 1 atom stereocenters. The zero-order valence-electron chi connectivity index (χ0n) is 14.4. The van der Waals surface area contributed by atoms with Crippen LogP contribution in [0, 0.1) is 4.78 Å². The summed E-state index contributed by atoms with van der Waals surface area (Å²) in [6.45, 7) is 0.400. The minimum absolute atomic E-state index is 0.400. The lowest BCUT2D eigenvalue weighted by molar-refractivity contribution is 0.309. The fraction of sp³-hybridized carbons (Fsp3) is 0.222. The Kier molecular flexibility index (Phi) is 4.85. The minimum atomic E-state index is -1.86. The van der Waals surface area contributed by atoms with Crippen molar-refractivity contribution in [3.05, 3.63) is 54.4 Å². The molecule has 0 saturated heterocycles. The van der Waals surface area contributed by atoms with Gasteiger partial charge < -0.3 is 9.47 Å². The Balaban J connectivity index is 1.89. The van der Waals surface area contributed by atoms with Gasteiger partial charge in [0.1, 0.15) is 17.9 Å². The van der Waals surface area contributed by atoms with Crippen LogP contribution in [0.1, 0.15) is 5.56 Å². The molecule has 0 radical (unpaired) electrons. The number of methoxy groups -OCH3 is 1. The molecule has 2 aromatic heterocycles. The topological polar surface area (TPSA) is 80.5 Å². The van der Waals surface area contributed by atoms with Gasteiger partial charge in [-0.3, -0.25) is 14.1 Å². The van der Waals surface area contributed by atoms with Crippen LogP contribution in [0.15, 0.2) is 58.1 Å². The molecule has 0 fully saturated rings. The van der Waals surface area contributed by atoms with Crippen molar-refractivity contribution in [1.82, 2.24) is 9.97 Å². The molecule has 130 valence electrons. The molecule has 3 aromatic rings. The summed E-state index contributed by atoms with van der Waals surface area (Å²) < 4.78 is 23.8. The highest BCUT2D eigenvalue weighted by Gasteiger charge is 2.09. The molecule has 0 saturated carbocycles. The first kappa shape index (κ1) is 17.2. The van der Waals surface area contributed by atoms with Gasteiger partial charge >= 0.3 is 0 Å². The molecule has 0 aliphatic carbocycles. The van der Waals surface area contributed by atoms with Crippen LogP contribution in [0.2, 0.25) is 0 Å². The number of hydrogen-bond acceptors (Lipinski definition) is 6. The Hall–Kier alpha value is -2.67. The van der Waals surface area contributed by atoms with Crippen LogP contribution in [-0.4, -0.2) is 30.4 Å². The van der Waals surface area contributed by atoms with Crippen molar-refractivity contribution >= 4 is 20.5 Å². The summed E-state index contributed by atoms with van der Waals surface area (Å²) in [7, 11) is 1.40. The van der Waals surface area contributed by atoms with Crippen molar-refractivity contribution in [2.75, 3.05) is 20.4 Å². The van der Waals surface area contributed by atoms with Crippen molar-refractivity contribution in [3.8, 4) is 11.6 Å². The molecule has 6 nitrogen and oxygen atoms in total. The lowest BCUT2D eigenvalue weighted by Crippen LogP contribution is -2.00. The van der Waals surface area contributed by atoms with Crippen molar-refractivity contribution in [3.63, 3.8) is 0 Å². The number of fused-ring (bicyclic) bond motifs is 1. The third kappa shape index (κ3) is 3.56. The summed E-state index contributed by atoms with van der Waals surface area (Å²) >= 11 is 0. The van der Waals surface area contributed by atoms with Gasteiger partial charge in [0, 0.05) is 36.0 Å². The quantitative estimate of drug-likeness (QED) is 0.751. The number of nitrogens with zero attached hydrogens (tertiary/aromatic N) is 3. The standard InChI is InChI=1S/C18H20N4O2S/c1-20-25(3,19)14-6-4-5-13(11-14)12-24-16-8-10-21-17-15(16)7-9-22-18(17)23-2/h4-11,19H,12H2,1-3H3. The van der Waals surface area contributed by atoms with Crippen LogP contribution in [0.5, 0.6) is 11.6 Å². The van der Waals surface area contributed by atoms with Gasteiger partial charge in [-0.05, 0) is 39.4 Å². The van der Waals surface area contributed by atoms with Crippen LogP contribution in [0.25, 0.3) is 10.9 Å². The van der Waals surface area contributed by atoms with Gasteiger partial charge in [0.15, 0.2) is 0 Å². The molecule has 3 rings (SSSR count). The Morgan fingerprint density at radius 1 is 1.16 bits per heavy atom. The van der Waals surface area contributed by atoms with Crippen LogP contribution in [0.3, 0.4) is 0 Å². The van der Waals surface area contributed by atoms with Crippen molar-refractivity contribution in [2.24, 2.45) is 4.36 Å². The lowest BCUT2D eigenvalue weighted by atomic mass is 10.2. The van der Waals surface area contributed by atoms with E-state index in [1.165, 1.54) is 0 Å². The molecule has 0 aliphatic heterocycles. The average Bonchev–Trinajstić information content (AvgIpc) is 2.66. The smallest absolute Gasteiger partial charge is 0.240 e. The van der Waals surface area contributed by atoms with E-state index in [9.17, 15) is 0 Å². The van der Waals surface area contributed by atoms with E-state index >= 15 is 0 Å². The molecule has 2 heterocycles. The summed E-state index contributed by atoms with van der Waals surface area (Å²) in [5.74, 6) is 1.19. The van der Waals surface area contributed by atoms with Crippen molar-refractivity contribution in [2.45, 2.75) is 11.5 Å². The second-order valence-electron chi connectivity index (χ2n) is 5.52.